The number of esters is 1. The van der Waals surface area contributed by atoms with Gasteiger partial charge in [0.15, 0.2) is 0 Å². The molecular weight excluding hydrogens is 310 g/mol. The molecule has 6 heteroatoms. The van der Waals surface area contributed by atoms with Crippen molar-refractivity contribution < 1.29 is 10.9 Å². The van der Waals surface area contributed by atoms with Crippen molar-refractivity contribution in [3.63, 3.8) is 0 Å². The summed E-state index contributed by atoms with van der Waals surface area (Å²) in [5, 5.41) is 14.9. The number of ether oxygens (including phenoxy) is 1. The first kappa shape index (κ1) is 14.0. The molecule has 0 aliphatic carbocycles. The Bertz CT molecular complexity index is 982. The van der Waals surface area contributed by atoms with Crippen molar-refractivity contribution in [1.82, 2.24) is 9.78 Å². The highest BCUT2D eigenvalue weighted by Gasteiger charge is 2.14. The number of nitriles is 1. The van der Waals surface area contributed by atoms with Gasteiger partial charge in [0.2, 0.25) is 0 Å². The Labute approximate surface area is 139 Å². The van der Waals surface area contributed by atoms with Crippen LogP contribution in [0.15, 0.2) is 30.6 Å². The standard InChI is InChI=1S/C17H15N3O2S/c1-10(2)11-4-12-6-15(23-16(12)13(5-11)7-18)20-9-14(8-19-20)17(21)22-3/h4-6,8-10H,1-3H3/i6D. The lowest BCUT2D eigenvalue weighted by atomic mass is 9.99. The van der Waals surface area contributed by atoms with Crippen LogP contribution in [0.5, 0.6) is 0 Å². The molecule has 0 fully saturated rings. The number of carbonyl (C=O) groups is 1. The molecule has 3 aromatic rings. The molecule has 0 atom stereocenters. The van der Waals surface area contributed by atoms with Crippen LogP contribution in [0.25, 0.3) is 15.1 Å². The molecule has 1 aromatic carbocycles. The zero-order valence-corrected chi connectivity index (χ0v) is 13.8. The van der Waals surface area contributed by atoms with Crippen LogP contribution in [0.1, 0.15) is 42.6 Å². The number of nitrogens with zero attached hydrogens (tertiary/aromatic N) is 3. The zero-order valence-electron chi connectivity index (χ0n) is 14.0. The average molecular weight is 326 g/mol. The van der Waals surface area contributed by atoms with Crippen LogP contribution in [-0.2, 0) is 4.74 Å². The minimum atomic E-state index is -0.478. The number of aromatic nitrogens is 2. The molecule has 0 aliphatic heterocycles. The maximum absolute atomic E-state index is 11.6. The fraction of sp³-hybridized carbons (Fsp3) is 0.235. The van der Waals surface area contributed by atoms with E-state index in [1.54, 1.807) is 0 Å². The lowest BCUT2D eigenvalue weighted by Gasteiger charge is -2.05. The van der Waals surface area contributed by atoms with E-state index in [4.69, 9.17) is 1.37 Å². The Morgan fingerprint density at radius 2 is 2.30 bits per heavy atom. The fourth-order valence-electron chi connectivity index (χ4n) is 2.27. The van der Waals surface area contributed by atoms with Gasteiger partial charge in [0.25, 0.3) is 0 Å². The Morgan fingerprint density at radius 1 is 1.52 bits per heavy atom. The Morgan fingerprint density at radius 3 is 2.96 bits per heavy atom. The summed E-state index contributed by atoms with van der Waals surface area (Å²) in [6, 6.07) is 6.34. The highest BCUT2D eigenvalue weighted by Crippen LogP contribution is 2.33. The second kappa shape index (κ2) is 5.86. The maximum atomic E-state index is 11.6. The second-order valence-corrected chi connectivity index (χ2v) is 6.41. The molecule has 116 valence electrons. The van der Waals surface area contributed by atoms with E-state index in [0.29, 0.717) is 22.2 Å². The van der Waals surface area contributed by atoms with Crippen LogP contribution in [0, 0.1) is 11.3 Å². The van der Waals surface area contributed by atoms with Gasteiger partial charge in [0.05, 0.1) is 30.5 Å². The second-order valence-electron chi connectivity index (χ2n) is 5.41. The summed E-state index contributed by atoms with van der Waals surface area (Å²) in [6.07, 6.45) is 2.93. The molecule has 2 aromatic heterocycles. The summed E-state index contributed by atoms with van der Waals surface area (Å²) < 4.78 is 15.4. The van der Waals surface area contributed by atoms with Gasteiger partial charge in [-0.2, -0.15) is 10.4 Å². The van der Waals surface area contributed by atoms with Gasteiger partial charge in [-0.15, -0.1) is 11.3 Å². The molecule has 0 aliphatic rings. The van der Waals surface area contributed by atoms with Crippen LogP contribution in [0.4, 0.5) is 0 Å². The molecule has 0 bridgehead atoms. The van der Waals surface area contributed by atoms with E-state index in [1.807, 2.05) is 12.1 Å². The molecule has 3 rings (SSSR count). The van der Waals surface area contributed by atoms with Crippen LogP contribution < -0.4 is 0 Å². The summed E-state index contributed by atoms with van der Waals surface area (Å²) >= 11 is 1.32. The minimum absolute atomic E-state index is 0.264. The molecule has 0 radical (unpaired) electrons. The van der Waals surface area contributed by atoms with E-state index in [0.717, 1.165) is 15.6 Å². The number of thiophene rings is 1. The quantitative estimate of drug-likeness (QED) is 0.685. The van der Waals surface area contributed by atoms with Crippen molar-refractivity contribution in [2.24, 2.45) is 0 Å². The molecule has 0 spiro atoms. The van der Waals surface area contributed by atoms with Crippen molar-refractivity contribution in [2.75, 3.05) is 7.11 Å². The summed E-state index contributed by atoms with van der Waals surface area (Å²) in [4.78, 5) is 11.6. The maximum Gasteiger partial charge on any atom is 0.341 e. The van der Waals surface area contributed by atoms with Crippen molar-refractivity contribution in [3.05, 3.63) is 47.3 Å². The van der Waals surface area contributed by atoms with Gasteiger partial charge in [0.1, 0.15) is 11.1 Å². The largest absolute Gasteiger partial charge is 0.465 e. The van der Waals surface area contributed by atoms with Gasteiger partial charge in [-0.1, -0.05) is 13.8 Å². The van der Waals surface area contributed by atoms with E-state index < -0.39 is 5.97 Å². The Hall–Kier alpha value is -2.65. The molecule has 0 saturated carbocycles. The van der Waals surface area contributed by atoms with Gasteiger partial charge >= 0.3 is 5.97 Å². The van der Waals surface area contributed by atoms with Crippen LogP contribution in [0.2, 0.25) is 0 Å². The van der Waals surface area contributed by atoms with Crippen molar-refractivity contribution in [2.45, 2.75) is 19.8 Å². The van der Waals surface area contributed by atoms with Crippen molar-refractivity contribution >= 4 is 27.4 Å². The monoisotopic (exact) mass is 326 g/mol. The smallest absolute Gasteiger partial charge is 0.341 e. The highest BCUT2D eigenvalue weighted by molar-refractivity contribution is 7.21. The zero-order chi connectivity index (χ0) is 17.4. The Kier molecular flexibility index (Phi) is 3.56. The molecule has 0 N–H and O–H groups in total. The molecular formula is C17H15N3O2S. The van der Waals surface area contributed by atoms with Crippen LogP contribution in [0.3, 0.4) is 0 Å². The topological polar surface area (TPSA) is 67.9 Å². The number of benzene rings is 1. The third kappa shape index (κ3) is 2.71. The van der Waals surface area contributed by atoms with Gasteiger partial charge in [-0.25, -0.2) is 9.48 Å². The van der Waals surface area contributed by atoms with Gasteiger partial charge < -0.3 is 4.74 Å². The van der Waals surface area contributed by atoms with E-state index in [9.17, 15) is 10.1 Å². The van der Waals surface area contributed by atoms with E-state index in [2.05, 4.69) is 29.8 Å². The van der Waals surface area contributed by atoms with Crippen LogP contribution >= 0.6 is 11.3 Å². The molecule has 0 saturated heterocycles. The fourth-order valence-corrected chi connectivity index (χ4v) is 3.25. The third-order valence-electron chi connectivity index (χ3n) is 3.55. The normalized spacial score (nSPS) is 11.5. The van der Waals surface area contributed by atoms with Gasteiger partial charge in [-0.3, -0.25) is 0 Å². The minimum Gasteiger partial charge on any atom is -0.465 e. The average Bonchev–Trinajstić information content (AvgIpc) is 3.18. The van der Waals surface area contributed by atoms with Gasteiger partial charge in [0, 0.05) is 6.20 Å². The van der Waals surface area contributed by atoms with Crippen molar-refractivity contribution in [3.8, 4) is 11.1 Å². The first-order chi connectivity index (χ1) is 11.5. The Balaban J connectivity index is 2.20. The highest BCUT2D eigenvalue weighted by atomic mass is 32.1. The molecule has 0 unspecified atom stereocenters. The first-order valence-electron chi connectivity index (χ1n) is 7.56. The number of fused-ring (bicyclic) bond motifs is 1. The predicted molar refractivity (Wildman–Crippen MR) is 89.1 cm³/mol. The van der Waals surface area contributed by atoms with E-state index in [1.165, 1.54) is 35.5 Å². The number of rotatable bonds is 3. The third-order valence-corrected chi connectivity index (χ3v) is 4.68. The number of hydrogen-bond acceptors (Lipinski definition) is 5. The van der Waals surface area contributed by atoms with E-state index in [-0.39, 0.29) is 5.92 Å². The summed E-state index contributed by atoms with van der Waals surface area (Å²) in [6.45, 7) is 4.10. The summed E-state index contributed by atoms with van der Waals surface area (Å²) in [7, 11) is 1.31. The summed E-state index contributed by atoms with van der Waals surface area (Å²) in [5.41, 5.74) is 1.90. The number of hydrogen-bond donors (Lipinski definition) is 0. The van der Waals surface area contributed by atoms with Crippen molar-refractivity contribution in [1.29, 1.82) is 5.26 Å². The number of methoxy groups -OCH3 is 1. The first-order valence-corrected chi connectivity index (χ1v) is 7.88. The predicted octanol–water partition coefficient (Wildman–Crippen LogP) is 3.87. The van der Waals surface area contributed by atoms with E-state index >= 15 is 0 Å². The molecule has 23 heavy (non-hydrogen) atoms. The molecule has 5 nitrogen and oxygen atoms in total. The SMILES string of the molecule is [2H]c1c(-n2cc(C(=O)OC)cn2)sc2c(C#N)cc(C(C)C)cc12. The van der Waals surface area contributed by atoms with Crippen LogP contribution in [-0.4, -0.2) is 22.9 Å². The number of carbonyl (C=O) groups excluding carboxylic acids is 1. The molecule has 2 heterocycles. The summed E-state index contributed by atoms with van der Waals surface area (Å²) in [5.74, 6) is -0.214. The molecule has 0 amide bonds. The van der Waals surface area contributed by atoms with Gasteiger partial charge in [-0.05, 0) is 35.0 Å². The lowest BCUT2D eigenvalue weighted by molar-refractivity contribution is 0.0600. The lowest BCUT2D eigenvalue weighted by Crippen LogP contribution is -1.98.